The number of hydrogen-bond donors (Lipinski definition) is 1. The van der Waals surface area contributed by atoms with Crippen molar-refractivity contribution in [1.29, 1.82) is 0 Å². The summed E-state index contributed by atoms with van der Waals surface area (Å²) in [6.45, 7) is 3.44. The highest BCUT2D eigenvalue weighted by Gasteiger charge is 2.19. The van der Waals surface area contributed by atoms with Crippen LogP contribution >= 0.6 is 0 Å². The normalized spacial score (nSPS) is 11.9. The first-order valence-corrected chi connectivity index (χ1v) is 4.03. The number of pyridine rings is 1. The topological polar surface area (TPSA) is 59.4 Å². The van der Waals surface area contributed by atoms with E-state index >= 15 is 0 Å². The number of esters is 1. The Bertz CT molecular complexity index is 334. The van der Waals surface area contributed by atoms with E-state index in [0.717, 1.165) is 0 Å². The fourth-order valence-corrected chi connectivity index (χ4v) is 0.959. The zero-order chi connectivity index (χ0) is 10.6. The summed E-state index contributed by atoms with van der Waals surface area (Å²) < 4.78 is 4.43. The van der Waals surface area contributed by atoms with Crippen LogP contribution in [0.25, 0.3) is 0 Å². The van der Waals surface area contributed by atoms with Crippen molar-refractivity contribution in [2.75, 3.05) is 7.11 Å². The Hall–Kier alpha value is -1.68. The molecular weight excluding hydrogens is 182 g/mol. The summed E-state index contributed by atoms with van der Waals surface area (Å²) in [6, 6.07) is 5.05. The van der Waals surface area contributed by atoms with Gasteiger partial charge in [0.15, 0.2) is 0 Å². The summed E-state index contributed by atoms with van der Waals surface area (Å²) in [7, 11) is 1.23. The molecule has 0 aromatic carbocycles. The van der Waals surface area contributed by atoms with Gasteiger partial charge in [-0.3, -0.25) is 4.98 Å². The molecule has 14 heavy (non-hydrogen) atoms. The fraction of sp³-hybridized carbons (Fsp3) is 0.200. The van der Waals surface area contributed by atoms with E-state index in [1.165, 1.54) is 13.3 Å². The van der Waals surface area contributed by atoms with Crippen LogP contribution in [0.5, 0.6) is 0 Å². The van der Waals surface area contributed by atoms with Crippen molar-refractivity contribution in [3.8, 4) is 0 Å². The number of methoxy groups -OCH3 is 1. The van der Waals surface area contributed by atoms with Gasteiger partial charge in [0, 0.05) is 6.20 Å². The number of carbonyl (C=O) groups is 1. The second-order valence-corrected chi connectivity index (χ2v) is 2.67. The highest BCUT2D eigenvalue weighted by atomic mass is 16.5. The summed E-state index contributed by atoms with van der Waals surface area (Å²) in [5.41, 5.74) is 0.356. The van der Waals surface area contributed by atoms with Crippen LogP contribution in [-0.2, 0) is 9.53 Å². The van der Waals surface area contributed by atoms with Gasteiger partial charge in [0.25, 0.3) is 0 Å². The molecule has 1 atom stereocenters. The fourth-order valence-electron chi connectivity index (χ4n) is 0.959. The highest BCUT2D eigenvalue weighted by Crippen LogP contribution is 2.18. The van der Waals surface area contributed by atoms with E-state index in [0.29, 0.717) is 5.69 Å². The molecule has 1 rings (SSSR count). The number of ether oxygens (including phenoxy) is 1. The lowest BCUT2D eigenvalue weighted by molar-refractivity contribution is -0.137. The lowest BCUT2D eigenvalue weighted by Crippen LogP contribution is -2.12. The molecule has 0 unspecified atom stereocenters. The van der Waals surface area contributed by atoms with Crippen LogP contribution in [0.15, 0.2) is 36.5 Å². The zero-order valence-electron chi connectivity index (χ0n) is 7.80. The van der Waals surface area contributed by atoms with Gasteiger partial charge in [0.05, 0.1) is 18.4 Å². The monoisotopic (exact) mass is 193 g/mol. The second kappa shape index (κ2) is 4.53. The van der Waals surface area contributed by atoms with Crippen molar-refractivity contribution in [3.63, 3.8) is 0 Å². The molecule has 0 radical (unpaired) electrons. The number of aliphatic hydroxyl groups is 1. The molecule has 0 aliphatic rings. The maximum Gasteiger partial charge on any atom is 0.336 e. The van der Waals surface area contributed by atoms with E-state index in [-0.39, 0.29) is 5.57 Å². The van der Waals surface area contributed by atoms with Gasteiger partial charge in [0.2, 0.25) is 0 Å². The molecule has 1 aromatic rings. The number of aromatic nitrogens is 1. The van der Waals surface area contributed by atoms with Gasteiger partial charge in [-0.1, -0.05) is 12.6 Å². The number of aliphatic hydroxyl groups excluding tert-OH is 1. The van der Waals surface area contributed by atoms with Gasteiger partial charge in [-0.15, -0.1) is 0 Å². The molecule has 0 aliphatic carbocycles. The minimum Gasteiger partial charge on any atom is -0.466 e. The number of hydrogen-bond acceptors (Lipinski definition) is 4. The SMILES string of the molecule is C=C(C(=O)OC)[C@H](O)c1ccccn1. The van der Waals surface area contributed by atoms with E-state index in [4.69, 9.17) is 0 Å². The van der Waals surface area contributed by atoms with Gasteiger partial charge < -0.3 is 9.84 Å². The molecule has 4 nitrogen and oxygen atoms in total. The van der Waals surface area contributed by atoms with Crippen molar-refractivity contribution >= 4 is 5.97 Å². The average molecular weight is 193 g/mol. The van der Waals surface area contributed by atoms with Crippen LogP contribution < -0.4 is 0 Å². The minimum atomic E-state index is -1.11. The largest absolute Gasteiger partial charge is 0.466 e. The molecular formula is C10H11NO3. The van der Waals surface area contributed by atoms with E-state index in [1.54, 1.807) is 18.2 Å². The molecule has 0 aliphatic heterocycles. The number of nitrogens with zero attached hydrogens (tertiary/aromatic N) is 1. The first-order valence-electron chi connectivity index (χ1n) is 4.03. The number of carbonyl (C=O) groups excluding carboxylic acids is 1. The third-order valence-electron chi connectivity index (χ3n) is 1.75. The summed E-state index contributed by atoms with van der Waals surface area (Å²) in [5, 5.41) is 9.63. The van der Waals surface area contributed by atoms with Gasteiger partial charge >= 0.3 is 5.97 Å². The van der Waals surface area contributed by atoms with Gasteiger partial charge in [-0.2, -0.15) is 0 Å². The van der Waals surface area contributed by atoms with Crippen LogP contribution in [0.1, 0.15) is 11.8 Å². The standard InChI is InChI=1S/C10H11NO3/c1-7(10(13)14-2)9(12)8-5-3-4-6-11-8/h3-6,9,12H,1H2,2H3/t9-/m0/s1. The Morgan fingerprint density at radius 1 is 1.64 bits per heavy atom. The lowest BCUT2D eigenvalue weighted by atomic mass is 10.1. The van der Waals surface area contributed by atoms with Crippen molar-refractivity contribution in [2.24, 2.45) is 0 Å². The van der Waals surface area contributed by atoms with Crippen LogP contribution in [0.3, 0.4) is 0 Å². The van der Waals surface area contributed by atoms with Crippen LogP contribution in [-0.4, -0.2) is 23.2 Å². The first-order chi connectivity index (χ1) is 6.66. The van der Waals surface area contributed by atoms with E-state index in [1.807, 2.05) is 0 Å². The first kappa shape index (κ1) is 10.4. The summed E-state index contributed by atoms with van der Waals surface area (Å²) >= 11 is 0. The Morgan fingerprint density at radius 3 is 2.86 bits per heavy atom. The molecule has 1 heterocycles. The molecule has 0 saturated heterocycles. The maximum atomic E-state index is 11.0. The van der Waals surface area contributed by atoms with Crippen LogP contribution in [0, 0.1) is 0 Å². The minimum absolute atomic E-state index is 0.0220. The van der Waals surface area contributed by atoms with Crippen molar-refractivity contribution in [1.82, 2.24) is 4.98 Å². The Labute approximate surface area is 81.9 Å². The molecule has 0 spiro atoms. The van der Waals surface area contributed by atoms with Crippen LogP contribution in [0.4, 0.5) is 0 Å². The van der Waals surface area contributed by atoms with Gasteiger partial charge in [-0.05, 0) is 12.1 Å². The van der Waals surface area contributed by atoms with Crippen LogP contribution in [0.2, 0.25) is 0 Å². The third kappa shape index (κ3) is 2.17. The molecule has 4 heteroatoms. The summed E-state index contributed by atoms with van der Waals surface area (Å²) in [6.07, 6.45) is 0.423. The molecule has 0 fully saturated rings. The highest BCUT2D eigenvalue weighted by molar-refractivity contribution is 5.88. The molecule has 1 N–H and O–H groups in total. The van der Waals surface area contributed by atoms with Crippen molar-refractivity contribution < 1.29 is 14.6 Å². The van der Waals surface area contributed by atoms with Gasteiger partial charge in [0.1, 0.15) is 6.10 Å². The predicted molar refractivity (Wildman–Crippen MR) is 50.4 cm³/mol. The van der Waals surface area contributed by atoms with Crippen molar-refractivity contribution in [3.05, 3.63) is 42.2 Å². The van der Waals surface area contributed by atoms with E-state index in [9.17, 15) is 9.90 Å². The molecule has 0 saturated carbocycles. The van der Waals surface area contributed by atoms with E-state index in [2.05, 4.69) is 16.3 Å². The lowest BCUT2D eigenvalue weighted by Gasteiger charge is -2.10. The quantitative estimate of drug-likeness (QED) is 0.571. The Morgan fingerprint density at radius 2 is 2.36 bits per heavy atom. The Kier molecular flexibility index (Phi) is 3.36. The third-order valence-corrected chi connectivity index (χ3v) is 1.75. The Balaban J connectivity index is 2.81. The molecule has 74 valence electrons. The second-order valence-electron chi connectivity index (χ2n) is 2.67. The zero-order valence-corrected chi connectivity index (χ0v) is 7.80. The summed E-state index contributed by atoms with van der Waals surface area (Å²) in [5.74, 6) is -0.636. The van der Waals surface area contributed by atoms with Crippen molar-refractivity contribution in [2.45, 2.75) is 6.10 Å². The average Bonchev–Trinajstić information content (AvgIpc) is 2.27. The van der Waals surface area contributed by atoms with Gasteiger partial charge in [-0.25, -0.2) is 4.79 Å². The number of rotatable bonds is 3. The molecule has 1 aromatic heterocycles. The van der Waals surface area contributed by atoms with E-state index < -0.39 is 12.1 Å². The maximum absolute atomic E-state index is 11.0. The smallest absolute Gasteiger partial charge is 0.336 e. The summed E-state index contributed by atoms with van der Waals surface area (Å²) in [4.78, 5) is 14.9. The predicted octanol–water partition coefficient (Wildman–Crippen LogP) is 0.844. The molecule has 0 bridgehead atoms. The molecule has 0 amide bonds.